The van der Waals surface area contributed by atoms with Crippen molar-refractivity contribution in [2.24, 2.45) is 0 Å². The number of pyridine rings is 1. The molecule has 0 aliphatic heterocycles. The average molecular weight is 561 g/mol. The first-order valence-electron chi connectivity index (χ1n) is 15.6. The number of rotatable bonds is 4. The van der Waals surface area contributed by atoms with Crippen LogP contribution in [0.3, 0.4) is 0 Å². The van der Waals surface area contributed by atoms with Gasteiger partial charge >= 0.3 is 0 Å². The SMILES string of the molecule is CC(C)c1cc(C(C)C)c(-c2ccc3c(c2)oc2cc4c5ccccc5c5nc6ccccc6n5c4cc23)c(C(C)C)c1. The number of benzene rings is 5. The van der Waals surface area contributed by atoms with Crippen molar-refractivity contribution in [2.75, 3.05) is 0 Å². The maximum absolute atomic E-state index is 6.69. The van der Waals surface area contributed by atoms with E-state index in [1.165, 1.54) is 38.6 Å². The van der Waals surface area contributed by atoms with E-state index in [1.807, 2.05) is 0 Å². The highest BCUT2D eigenvalue weighted by Crippen LogP contribution is 2.42. The Morgan fingerprint density at radius 2 is 1.23 bits per heavy atom. The second-order valence-electron chi connectivity index (χ2n) is 13.0. The largest absolute Gasteiger partial charge is 0.456 e. The van der Waals surface area contributed by atoms with Crippen molar-refractivity contribution < 1.29 is 4.42 Å². The molecule has 0 amide bonds. The normalized spacial score (nSPS) is 12.6. The van der Waals surface area contributed by atoms with Gasteiger partial charge in [0.15, 0.2) is 0 Å². The summed E-state index contributed by atoms with van der Waals surface area (Å²) < 4.78 is 9.01. The number of furan rings is 1. The summed E-state index contributed by atoms with van der Waals surface area (Å²) in [6.45, 7) is 13.8. The van der Waals surface area contributed by atoms with E-state index in [0.717, 1.165) is 49.5 Å². The van der Waals surface area contributed by atoms with Crippen molar-refractivity contribution in [3.05, 3.63) is 108 Å². The van der Waals surface area contributed by atoms with Gasteiger partial charge in [-0.15, -0.1) is 0 Å². The zero-order valence-corrected chi connectivity index (χ0v) is 25.7. The molecule has 0 unspecified atom stereocenters. The van der Waals surface area contributed by atoms with E-state index in [4.69, 9.17) is 9.40 Å². The van der Waals surface area contributed by atoms with Crippen molar-refractivity contribution in [1.82, 2.24) is 9.38 Å². The third-order valence-corrected chi connectivity index (χ3v) is 9.27. The molecule has 3 nitrogen and oxygen atoms in total. The zero-order chi connectivity index (χ0) is 29.6. The number of hydrogen-bond donors (Lipinski definition) is 0. The first-order valence-corrected chi connectivity index (χ1v) is 15.6. The van der Waals surface area contributed by atoms with Gasteiger partial charge in [-0.25, -0.2) is 4.98 Å². The van der Waals surface area contributed by atoms with Crippen molar-refractivity contribution >= 4 is 60.3 Å². The van der Waals surface area contributed by atoms with Gasteiger partial charge in [-0.3, -0.25) is 4.40 Å². The fourth-order valence-electron chi connectivity index (χ4n) is 7.02. The van der Waals surface area contributed by atoms with E-state index >= 15 is 0 Å². The van der Waals surface area contributed by atoms with Crippen molar-refractivity contribution in [2.45, 2.75) is 59.3 Å². The fourth-order valence-corrected chi connectivity index (χ4v) is 7.02. The molecule has 43 heavy (non-hydrogen) atoms. The molecule has 0 bridgehead atoms. The van der Waals surface area contributed by atoms with Crippen molar-refractivity contribution in [3.8, 4) is 11.1 Å². The van der Waals surface area contributed by atoms with Gasteiger partial charge in [-0.05, 0) is 87.4 Å². The highest BCUT2D eigenvalue weighted by Gasteiger charge is 2.21. The van der Waals surface area contributed by atoms with Crippen LogP contribution in [0.2, 0.25) is 0 Å². The molecule has 3 heterocycles. The van der Waals surface area contributed by atoms with E-state index in [1.54, 1.807) is 0 Å². The average Bonchev–Trinajstić information content (AvgIpc) is 3.57. The summed E-state index contributed by atoms with van der Waals surface area (Å²) in [5.41, 5.74) is 12.9. The Bertz CT molecular complexity index is 2350. The molecule has 0 saturated heterocycles. The van der Waals surface area contributed by atoms with Crippen LogP contribution in [-0.2, 0) is 0 Å². The van der Waals surface area contributed by atoms with E-state index in [-0.39, 0.29) is 0 Å². The maximum atomic E-state index is 6.69. The van der Waals surface area contributed by atoms with Crippen LogP contribution >= 0.6 is 0 Å². The summed E-state index contributed by atoms with van der Waals surface area (Å²) in [5.74, 6) is 1.33. The van der Waals surface area contributed by atoms with Crippen LogP contribution in [0.1, 0.15) is 76.0 Å². The number of aromatic nitrogens is 2. The first-order chi connectivity index (χ1) is 20.8. The second kappa shape index (κ2) is 9.44. The minimum Gasteiger partial charge on any atom is -0.456 e. The molecule has 212 valence electrons. The van der Waals surface area contributed by atoms with Gasteiger partial charge in [0.05, 0.1) is 16.6 Å². The number of imidazole rings is 1. The van der Waals surface area contributed by atoms with Crippen LogP contribution in [0.15, 0.2) is 95.4 Å². The quantitative estimate of drug-likeness (QED) is 0.200. The van der Waals surface area contributed by atoms with Crippen molar-refractivity contribution in [1.29, 1.82) is 0 Å². The molecular formula is C40H36N2O. The molecule has 3 heteroatoms. The van der Waals surface area contributed by atoms with Crippen LogP contribution in [0.4, 0.5) is 0 Å². The molecule has 0 spiro atoms. The van der Waals surface area contributed by atoms with Crippen LogP contribution in [-0.4, -0.2) is 9.38 Å². The molecule has 8 aromatic rings. The number of hydrogen-bond acceptors (Lipinski definition) is 2. The predicted octanol–water partition coefficient (Wildman–Crippen LogP) is 11.7. The maximum Gasteiger partial charge on any atom is 0.146 e. The van der Waals surface area contributed by atoms with Gasteiger partial charge < -0.3 is 4.42 Å². The molecule has 0 fully saturated rings. The molecule has 0 radical (unpaired) electrons. The fraction of sp³-hybridized carbons (Fsp3) is 0.225. The Balaban J connectivity index is 1.43. The highest BCUT2D eigenvalue weighted by atomic mass is 16.3. The van der Waals surface area contributed by atoms with Crippen LogP contribution in [0, 0.1) is 0 Å². The lowest BCUT2D eigenvalue weighted by atomic mass is 9.81. The first kappa shape index (κ1) is 26.0. The Morgan fingerprint density at radius 1 is 0.558 bits per heavy atom. The van der Waals surface area contributed by atoms with Crippen LogP contribution in [0.25, 0.3) is 71.4 Å². The Hall–Kier alpha value is -4.63. The lowest BCUT2D eigenvalue weighted by Gasteiger charge is -2.23. The third-order valence-electron chi connectivity index (χ3n) is 9.27. The van der Waals surface area contributed by atoms with Gasteiger partial charge in [0.1, 0.15) is 16.8 Å². The molecule has 8 rings (SSSR count). The lowest BCUT2D eigenvalue weighted by molar-refractivity contribution is 0.669. The molecule has 0 aliphatic rings. The third kappa shape index (κ3) is 3.84. The minimum absolute atomic E-state index is 0.420. The van der Waals surface area contributed by atoms with Crippen LogP contribution in [0.5, 0.6) is 0 Å². The molecule has 0 N–H and O–H groups in total. The molecule has 0 atom stereocenters. The van der Waals surface area contributed by atoms with E-state index in [0.29, 0.717) is 17.8 Å². The summed E-state index contributed by atoms with van der Waals surface area (Å²) in [6.07, 6.45) is 0. The molecular weight excluding hydrogens is 524 g/mol. The highest BCUT2D eigenvalue weighted by molar-refractivity contribution is 6.19. The lowest BCUT2D eigenvalue weighted by Crippen LogP contribution is -2.03. The molecule has 0 aliphatic carbocycles. The van der Waals surface area contributed by atoms with E-state index in [2.05, 4.69) is 137 Å². The number of nitrogens with zero attached hydrogens (tertiary/aromatic N) is 2. The molecule has 3 aromatic heterocycles. The predicted molar refractivity (Wildman–Crippen MR) is 183 cm³/mol. The van der Waals surface area contributed by atoms with E-state index < -0.39 is 0 Å². The van der Waals surface area contributed by atoms with E-state index in [9.17, 15) is 0 Å². The smallest absolute Gasteiger partial charge is 0.146 e. The minimum atomic E-state index is 0.420. The molecule has 0 saturated carbocycles. The summed E-state index contributed by atoms with van der Waals surface area (Å²) in [7, 11) is 0. The Morgan fingerprint density at radius 3 is 1.95 bits per heavy atom. The van der Waals surface area contributed by atoms with Gasteiger partial charge in [-0.2, -0.15) is 0 Å². The van der Waals surface area contributed by atoms with Gasteiger partial charge in [-0.1, -0.05) is 96.1 Å². The Labute approximate surface area is 251 Å². The van der Waals surface area contributed by atoms with Crippen LogP contribution < -0.4 is 0 Å². The van der Waals surface area contributed by atoms with Gasteiger partial charge in [0.2, 0.25) is 0 Å². The monoisotopic (exact) mass is 560 g/mol. The van der Waals surface area contributed by atoms with Gasteiger partial charge in [0.25, 0.3) is 0 Å². The van der Waals surface area contributed by atoms with Crippen molar-refractivity contribution in [3.63, 3.8) is 0 Å². The molecule has 5 aromatic carbocycles. The van der Waals surface area contributed by atoms with Gasteiger partial charge in [0, 0.05) is 21.5 Å². The summed E-state index contributed by atoms with van der Waals surface area (Å²) >= 11 is 0. The zero-order valence-electron chi connectivity index (χ0n) is 25.7. The topological polar surface area (TPSA) is 30.4 Å². The summed E-state index contributed by atoms with van der Waals surface area (Å²) in [4.78, 5) is 5.07. The summed E-state index contributed by atoms with van der Waals surface area (Å²) in [5, 5.41) is 5.79. The Kier molecular flexibility index (Phi) is 5.71. The summed E-state index contributed by atoms with van der Waals surface area (Å²) in [6, 6.07) is 33.2. The standard InChI is InChI=1S/C40H36N2O/c1-22(2)26-17-30(23(3)4)39(31(18-26)24(5)6)25-15-16-28-33-20-36-32(21-38(33)43-37(28)19-25)27-11-7-8-12-29(27)40-41-34-13-9-10-14-35(34)42(36)40/h7-24H,1-6H3. The number of fused-ring (bicyclic) bond motifs is 11. The number of para-hydroxylation sites is 2. The second-order valence-corrected chi connectivity index (χ2v) is 13.0.